The van der Waals surface area contributed by atoms with Crippen LogP contribution in [0.4, 0.5) is 11.4 Å². The summed E-state index contributed by atoms with van der Waals surface area (Å²) in [6, 6.07) is 8.62. The Morgan fingerprint density at radius 2 is 1.92 bits per heavy atom. The number of carbonyl (C=O) groups is 2. The molecule has 1 amide bonds. The number of nitrogens with zero attached hydrogens (tertiary/aromatic N) is 1. The first-order chi connectivity index (χ1) is 12.2. The molecule has 2 aromatic rings. The summed E-state index contributed by atoms with van der Waals surface area (Å²) in [5.41, 5.74) is 0.271. The van der Waals surface area contributed by atoms with Crippen LogP contribution in [0.2, 0.25) is 0 Å². The average Bonchev–Trinajstić information content (AvgIpc) is 2.56. The number of anilines is 1. The molecule has 0 aromatic heterocycles. The third kappa shape index (κ3) is 4.41. The minimum absolute atomic E-state index is 0.0393. The summed E-state index contributed by atoms with van der Waals surface area (Å²) in [5, 5.41) is 25.1. The van der Waals surface area contributed by atoms with E-state index in [1.54, 1.807) is 6.07 Å². The highest BCUT2D eigenvalue weighted by Gasteiger charge is 2.19. The predicted octanol–water partition coefficient (Wildman–Crippen LogP) is 3.49. The highest BCUT2D eigenvalue weighted by atomic mass is 79.9. The maximum absolute atomic E-state index is 12.3. The lowest BCUT2D eigenvalue weighted by Gasteiger charge is -2.13. The van der Waals surface area contributed by atoms with Crippen LogP contribution in [0.3, 0.4) is 0 Å². The Hall–Kier alpha value is -2.85. The molecule has 0 aliphatic rings. The minimum Gasteiger partial charge on any atom is -0.478 e. The van der Waals surface area contributed by atoms with Gasteiger partial charge in [-0.25, -0.2) is 4.79 Å². The molecule has 2 rings (SSSR count). The Balaban J connectivity index is 2.19. The molecule has 0 heterocycles. The topological polar surface area (TPSA) is 122 Å². The number of carboxylic acids is 1. The van der Waals surface area contributed by atoms with Crippen molar-refractivity contribution in [2.45, 2.75) is 6.92 Å². The van der Waals surface area contributed by atoms with E-state index >= 15 is 0 Å². The van der Waals surface area contributed by atoms with Crippen molar-refractivity contribution >= 4 is 56.5 Å². The summed E-state index contributed by atoms with van der Waals surface area (Å²) in [6.07, 6.45) is 0. The molecule has 0 spiro atoms. The number of halogens is 1. The Morgan fingerprint density at radius 3 is 2.54 bits per heavy atom. The molecular formula is C16H12BrN3O5S. The number of aromatic carboxylic acids is 1. The largest absolute Gasteiger partial charge is 0.478 e. The summed E-state index contributed by atoms with van der Waals surface area (Å²) >= 11 is 8.22. The van der Waals surface area contributed by atoms with Gasteiger partial charge in [-0.2, -0.15) is 0 Å². The van der Waals surface area contributed by atoms with Gasteiger partial charge in [0.05, 0.1) is 16.2 Å². The van der Waals surface area contributed by atoms with E-state index in [0.29, 0.717) is 4.47 Å². The third-order valence-electron chi connectivity index (χ3n) is 3.43. The van der Waals surface area contributed by atoms with Gasteiger partial charge in [0, 0.05) is 21.7 Å². The normalized spacial score (nSPS) is 10.1. The van der Waals surface area contributed by atoms with Crippen LogP contribution in [0, 0.1) is 17.0 Å². The van der Waals surface area contributed by atoms with Gasteiger partial charge in [-0.1, -0.05) is 22.0 Å². The van der Waals surface area contributed by atoms with Crippen molar-refractivity contribution in [3.63, 3.8) is 0 Å². The number of rotatable bonds is 4. The number of carboxylic acid groups (broad SMARTS) is 1. The molecule has 0 saturated carbocycles. The van der Waals surface area contributed by atoms with Crippen molar-refractivity contribution in [2.24, 2.45) is 0 Å². The molecule has 134 valence electrons. The average molecular weight is 438 g/mol. The maximum Gasteiger partial charge on any atom is 0.337 e. The van der Waals surface area contributed by atoms with Gasteiger partial charge < -0.3 is 10.4 Å². The van der Waals surface area contributed by atoms with E-state index in [1.807, 2.05) is 0 Å². The molecular weight excluding hydrogens is 426 g/mol. The molecule has 3 N–H and O–H groups in total. The van der Waals surface area contributed by atoms with Gasteiger partial charge in [0.25, 0.3) is 11.6 Å². The fourth-order valence-corrected chi connectivity index (χ4v) is 2.76. The van der Waals surface area contributed by atoms with Crippen molar-refractivity contribution in [2.75, 3.05) is 5.32 Å². The van der Waals surface area contributed by atoms with Gasteiger partial charge in [-0.3, -0.25) is 20.2 Å². The van der Waals surface area contributed by atoms with E-state index in [1.165, 1.54) is 37.3 Å². The van der Waals surface area contributed by atoms with Crippen molar-refractivity contribution in [1.82, 2.24) is 5.32 Å². The Morgan fingerprint density at radius 1 is 1.23 bits per heavy atom. The lowest BCUT2D eigenvalue weighted by Crippen LogP contribution is -2.35. The van der Waals surface area contributed by atoms with Gasteiger partial charge in [0.2, 0.25) is 0 Å². The van der Waals surface area contributed by atoms with Crippen LogP contribution in [-0.2, 0) is 0 Å². The van der Waals surface area contributed by atoms with Crippen molar-refractivity contribution in [1.29, 1.82) is 0 Å². The number of benzene rings is 2. The standard InChI is InChI=1S/C16H12BrN3O5S/c1-8-10(3-2-4-13(8)20(24)25)14(21)19-16(26)18-12-6-5-9(17)7-11(12)15(22)23/h2-7H,1H3,(H,22,23)(H2,18,19,21,26). The molecule has 10 heteroatoms. The minimum atomic E-state index is -1.17. The van der Waals surface area contributed by atoms with E-state index in [0.717, 1.165) is 0 Å². The highest BCUT2D eigenvalue weighted by molar-refractivity contribution is 9.10. The Labute approximate surface area is 161 Å². The van der Waals surface area contributed by atoms with Crippen LogP contribution < -0.4 is 10.6 Å². The molecule has 0 aliphatic heterocycles. The fraction of sp³-hybridized carbons (Fsp3) is 0.0625. The van der Waals surface area contributed by atoms with Crippen LogP contribution in [0.5, 0.6) is 0 Å². The van der Waals surface area contributed by atoms with Crippen molar-refractivity contribution in [3.8, 4) is 0 Å². The van der Waals surface area contributed by atoms with E-state index in [9.17, 15) is 24.8 Å². The summed E-state index contributed by atoms with van der Waals surface area (Å²) in [4.78, 5) is 34.0. The second kappa shape index (κ2) is 8.02. The summed E-state index contributed by atoms with van der Waals surface area (Å²) < 4.78 is 0.572. The highest BCUT2D eigenvalue weighted by Crippen LogP contribution is 2.22. The van der Waals surface area contributed by atoms with Crippen LogP contribution in [-0.4, -0.2) is 27.0 Å². The van der Waals surface area contributed by atoms with Crippen LogP contribution in [0.25, 0.3) is 0 Å². The SMILES string of the molecule is Cc1c(C(=O)NC(=S)Nc2ccc(Br)cc2C(=O)O)cccc1[N+](=O)[O-]. The zero-order chi connectivity index (χ0) is 19.4. The molecule has 0 fully saturated rings. The first kappa shape index (κ1) is 19.5. The number of amides is 1. The third-order valence-corrected chi connectivity index (χ3v) is 4.13. The quantitative estimate of drug-likeness (QED) is 0.380. The van der Waals surface area contributed by atoms with Gasteiger partial charge in [-0.15, -0.1) is 0 Å². The molecule has 2 aromatic carbocycles. The zero-order valence-electron chi connectivity index (χ0n) is 13.3. The number of nitrogens with one attached hydrogen (secondary N) is 2. The number of carbonyl (C=O) groups excluding carboxylic acids is 1. The van der Waals surface area contributed by atoms with E-state index in [-0.39, 0.29) is 33.2 Å². The lowest BCUT2D eigenvalue weighted by molar-refractivity contribution is -0.385. The second-order valence-corrected chi connectivity index (χ2v) is 6.43. The van der Waals surface area contributed by atoms with Gasteiger partial charge in [-0.05, 0) is 43.4 Å². The second-order valence-electron chi connectivity index (χ2n) is 5.11. The molecule has 26 heavy (non-hydrogen) atoms. The number of thiocarbonyl (C=S) groups is 1. The fourth-order valence-electron chi connectivity index (χ4n) is 2.19. The Kier molecular flexibility index (Phi) is 6.01. The predicted molar refractivity (Wildman–Crippen MR) is 103 cm³/mol. The molecule has 0 radical (unpaired) electrons. The first-order valence-corrected chi connectivity index (χ1v) is 8.30. The molecule has 0 bridgehead atoms. The number of nitro benzene ring substituents is 1. The van der Waals surface area contributed by atoms with Crippen molar-refractivity contribution in [3.05, 3.63) is 67.7 Å². The van der Waals surface area contributed by atoms with Gasteiger partial charge in [0.1, 0.15) is 0 Å². The molecule has 0 unspecified atom stereocenters. The molecule has 0 aliphatic carbocycles. The monoisotopic (exact) mass is 437 g/mol. The van der Waals surface area contributed by atoms with E-state index in [2.05, 4.69) is 26.6 Å². The molecule has 8 nitrogen and oxygen atoms in total. The molecule has 0 atom stereocenters. The van der Waals surface area contributed by atoms with Crippen LogP contribution in [0.15, 0.2) is 40.9 Å². The van der Waals surface area contributed by atoms with Crippen LogP contribution in [0.1, 0.15) is 26.3 Å². The van der Waals surface area contributed by atoms with Gasteiger partial charge >= 0.3 is 5.97 Å². The van der Waals surface area contributed by atoms with E-state index < -0.39 is 16.8 Å². The van der Waals surface area contributed by atoms with Crippen LogP contribution >= 0.6 is 28.1 Å². The smallest absolute Gasteiger partial charge is 0.337 e. The molecule has 0 saturated heterocycles. The number of nitro groups is 1. The van der Waals surface area contributed by atoms with Crippen molar-refractivity contribution < 1.29 is 19.6 Å². The summed E-state index contributed by atoms with van der Waals surface area (Å²) in [6.45, 7) is 1.46. The number of hydrogen-bond acceptors (Lipinski definition) is 5. The summed E-state index contributed by atoms with van der Waals surface area (Å²) in [5.74, 6) is -1.81. The first-order valence-electron chi connectivity index (χ1n) is 7.10. The summed E-state index contributed by atoms with van der Waals surface area (Å²) in [7, 11) is 0. The van der Waals surface area contributed by atoms with E-state index in [4.69, 9.17) is 12.2 Å². The zero-order valence-corrected chi connectivity index (χ0v) is 15.7. The van der Waals surface area contributed by atoms with Gasteiger partial charge in [0.15, 0.2) is 5.11 Å². The Bertz CT molecular complexity index is 932. The maximum atomic E-state index is 12.3. The number of hydrogen-bond donors (Lipinski definition) is 3. The lowest BCUT2D eigenvalue weighted by atomic mass is 10.1.